The van der Waals surface area contributed by atoms with Crippen LogP contribution in [-0.4, -0.2) is 29.7 Å². The van der Waals surface area contributed by atoms with E-state index in [2.05, 4.69) is 21.2 Å². The third-order valence-electron chi connectivity index (χ3n) is 4.17. The number of hydrogen-bond acceptors (Lipinski definition) is 4. The van der Waals surface area contributed by atoms with E-state index in [1.807, 2.05) is 26.0 Å². The van der Waals surface area contributed by atoms with Gasteiger partial charge in [-0.3, -0.25) is 9.59 Å². The van der Waals surface area contributed by atoms with E-state index in [1.54, 1.807) is 12.1 Å². The van der Waals surface area contributed by atoms with E-state index in [0.717, 1.165) is 31.8 Å². The summed E-state index contributed by atoms with van der Waals surface area (Å²) in [6.07, 6.45) is -5.49. The second-order valence-corrected chi connectivity index (χ2v) is 9.92. The van der Waals surface area contributed by atoms with E-state index >= 15 is 0 Å². The summed E-state index contributed by atoms with van der Waals surface area (Å²) in [6, 6.07) is 7.09. The number of hydrogen-bond donors (Lipinski definition) is 2. The fourth-order valence-electron chi connectivity index (χ4n) is 2.71. The van der Waals surface area contributed by atoms with Crippen molar-refractivity contribution < 1.29 is 27.9 Å². The molecule has 0 aliphatic carbocycles. The molecule has 1 aromatic heterocycles. The topological polar surface area (TPSA) is 66.4 Å². The molecule has 0 aliphatic rings. The summed E-state index contributed by atoms with van der Waals surface area (Å²) in [5.41, 5.74) is 1.99. The van der Waals surface area contributed by atoms with E-state index in [4.69, 9.17) is 5.11 Å². The number of aryl methyl sites for hydroxylation is 2. The minimum Gasteiger partial charge on any atom is -0.481 e. The van der Waals surface area contributed by atoms with Crippen LogP contribution in [0.1, 0.15) is 50.2 Å². The Balaban J connectivity index is 2.20. The molecule has 30 heavy (non-hydrogen) atoms. The van der Waals surface area contributed by atoms with E-state index < -0.39 is 29.7 Å². The molecule has 0 spiro atoms. The van der Waals surface area contributed by atoms with Gasteiger partial charge in [-0.15, -0.1) is 23.1 Å². The lowest BCUT2D eigenvalue weighted by molar-refractivity contribution is -0.137. The largest absolute Gasteiger partial charge is 0.481 e. The van der Waals surface area contributed by atoms with Gasteiger partial charge >= 0.3 is 12.1 Å². The molecule has 2 rings (SSSR count). The first kappa shape index (κ1) is 24.7. The Labute approximate surface area is 189 Å². The number of carbonyl (C=O) groups is 2. The van der Waals surface area contributed by atoms with Crippen LogP contribution in [0.25, 0.3) is 0 Å². The Morgan fingerprint density at radius 3 is 2.43 bits per heavy atom. The third-order valence-corrected chi connectivity index (χ3v) is 8.05. The molecule has 0 bridgehead atoms. The van der Waals surface area contributed by atoms with Crippen LogP contribution in [-0.2, 0) is 4.79 Å². The Hall–Kier alpha value is -1.52. The first-order valence-electron chi connectivity index (χ1n) is 9.06. The van der Waals surface area contributed by atoms with Crippen LogP contribution in [0.4, 0.5) is 13.2 Å². The molecule has 0 saturated carbocycles. The quantitative estimate of drug-likeness (QED) is 0.367. The molecule has 0 aliphatic heterocycles. The summed E-state index contributed by atoms with van der Waals surface area (Å²) in [6.45, 7) is 3.85. The Bertz CT molecular complexity index is 892. The molecule has 1 unspecified atom stereocenters. The van der Waals surface area contributed by atoms with E-state index in [-0.39, 0.29) is 19.4 Å². The summed E-state index contributed by atoms with van der Waals surface area (Å²) in [7, 11) is 0. The summed E-state index contributed by atoms with van der Waals surface area (Å²) < 4.78 is 39.6. The Morgan fingerprint density at radius 2 is 1.87 bits per heavy atom. The highest BCUT2D eigenvalue weighted by molar-refractivity contribution is 9.10. The lowest BCUT2D eigenvalue weighted by atomic mass is 10.2. The average Bonchev–Trinajstić information content (AvgIpc) is 3.12. The lowest BCUT2D eigenvalue weighted by Gasteiger charge is -2.17. The Morgan fingerprint density at radius 1 is 1.23 bits per heavy atom. The number of halogens is 4. The highest BCUT2D eigenvalue weighted by atomic mass is 79.9. The molecule has 0 radical (unpaired) electrons. The maximum Gasteiger partial charge on any atom is 0.389 e. The first-order chi connectivity index (χ1) is 14.0. The first-order valence-corrected chi connectivity index (χ1v) is 11.5. The molecule has 164 valence electrons. The van der Waals surface area contributed by atoms with Crippen molar-refractivity contribution >= 4 is 50.9 Å². The van der Waals surface area contributed by atoms with Gasteiger partial charge in [0.2, 0.25) is 0 Å². The average molecular weight is 524 g/mol. The number of carboxylic acids is 1. The van der Waals surface area contributed by atoms with Crippen LogP contribution in [0.2, 0.25) is 0 Å². The van der Waals surface area contributed by atoms with Gasteiger partial charge in [-0.2, -0.15) is 13.2 Å². The number of thiophene rings is 1. The molecule has 1 amide bonds. The number of amides is 1. The molecule has 0 saturated heterocycles. The van der Waals surface area contributed by atoms with Crippen molar-refractivity contribution in [2.24, 2.45) is 0 Å². The van der Waals surface area contributed by atoms with E-state index in [9.17, 15) is 22.8 Å². The van der Waals surface area contributed by atoms with Gasteiger partial charge in [0, 0.05) is 32.5 Å². The predicted octanol–water partition coefficient (Wildman–Crippen LogP) is 6.51. The van der Waals surface area contributed by atoms with Gasteiger partial charge in [-0.25, -0.2) is 0 Å². The zero-order chi connectivity index (χ0) is 22.5. The molecule has 1 heterocycles. The van der Waals surface area contributed by atoms with E-state index in [1.165, 1.54) is 11.8 Å². The van der Waals surface area contributed by atoms with Crippen LogP contribution in [0.5, 0.6) is 0 Å². The second kappa shape index (κ2) is 10.7. The van der Waals surface area contributed by atoms with Crippen LogP contribution in [0, 0.1) is 13.8 Å². The summed E-state index contributed by atoms with van der Waals surface area (Å²) >= 11 is 5.97. The SMILES string of the molecule is Cc1cc(SC(CCC(F)(F)F)c2ccc(C(=O)NCCC(=O)O)s2)cc(C)c1Br. The van der Waals surface area contributed by atoms with Crippen LogP contribution >= 0.6 is 39.0 Å². The van der Waals surface area contributed by atoms with Gasteiger partial charge in [0.25, 0.3) is 5.91 Å². The molecule has 0 fully saturated rings. The molecular formula is C20H21BrF3NO3S2. The molecule has 2 aromatic rings. The number of thioether (sulfide) groups is 1. The number of carboxylic acid groups (broad SMARTS) is 1. The van der Waals surface area contributed by atoms with Crippen molar-refractivity contribution in [1.29, 1.82) is 0 Å². The van der Waals surface area contributed by atoms with Crippen LogP contribution in [0.3, 0.4) is 0 Å². The van der Waals surface area contributed by atoms with Crippen molar-refractivity contribution in [3.63, 3.8) is 0 Å². The number of benzene rings is 1. The summed E-state index contributed by atoms with van der Waals surface area (Å²) in [4.78, 5) is 24.6. The highest BCUT2D eigenvalue weighted by Crippen LogP contribution is 2.44. The predicted molar refractivity (Wildman–Crippen MR) is 116 cm³/mol. The smallest absolute Gasteiger partial charge is 0.389 e. The van der Waals surface area contributed by atoms with Gasteiger partial charge in [0.15, 0.2) is 0 Å². The molecule has 1 aromatic carbocycles. The van der Waals surface area contributed by atoms with Gasteiger partial charge in [-0.1, -0.05) is 15.9 Å². The number of nitrogens with one attached hydrogen (secondary N) is 1. The summed E-state index contributed by atoms with van der Waals surface area (Å²) in [5, 5.41) is 10.7. The lowest BCUT2D eigenvalue weighted by Crippen LogP contribution is -2.25. The monoisotopic (exact) mass is 523 g/mol. The van der Waals surface area contributed by atoms with Crippen molar-refractivity contribution in [2.75, 3.05) is 6.54 Å². The maximum atomic E-state index is 12.9. The number of carbonyl (C=O) groups excluding carboxylic acids is 1. The minimum absolute atomic E-state index is 0.00883. The molecule has 4 nitrogen and oxygen atoms in total. The summed E-state index contributed by atoms with van der Waals surface area (Å²) in [5.74, 6) is -1.45. The molecular weight excluding hydrogens is 503 g/mol. The fraction of sp³-hybridized carbons (Fsp3) is 0.400. The van der Waals surface area contributed by atoms with Gasteiger partial charge in [0.1, 0.15) is 0 Å². The standard InChI is InChI=1S/C20H21BrF3NO3S2/c1-11-9-13(10-12(2)18(11)21)29-15(5-7-20(22,23)24)14-3-4-16(30-14)19(28)25-8-6-17(26)27/h3-4,9-10,15H,5-8H2,1-2H3,(H,25,28)(H,26,27). The van der Waals surface area contributed by atoms with Crippen molar-refractivity contribution in [2.45, 2.75) is 49.4 Å². The van der Waals surface area contributed by atoms with Crippen molar-refractivity contribution in [3.05, 3.63) is 49.6 Å². The normalized spacial score (nSPS) is 12.6. The Kier molecular flexibility index (Phi) is 8.81. The van der Waals surface area contributed by atoms with Crippen LogP contribution < -0.4 is 5.32 Å². The minimum atomic E-state index is -4.27. The van der Waals surface area contributed by atoms with Crippen molar-refractivity contribution in [3.8, 4) is 0 Å². The zero-order valence-corrected chi connectivity index (χ0v) is 19.5. The maximum absolute atomic E-state index is 12.9. The van der Waals surface area contributed by atoms with Crippen molar-refractivity contribution in [1.82, 2.24) is 5.32 Å². The van der Waals surface area contributed by atoms with Gasteiger partial charge in [0.05, 0.1) is 11.3 Å². The number of alkyl halides is 3. The molecule has 1 atom stereocenters. The number of rotatable bonds is 9. The third kappa shape index (κ3) is 7.63. The van der Waals surface area contributed by atoms with Crippen LogP contribution in [0.15, 0.2) is 33.6 Å². The zero-order valence-electron chi connectivity index (χ0n) is 16.3. The molecule has 2 N–H and O–H groups in total. The molecule has 10 heteroatoms. The van der Waals surface area contributed by atoms with E-state index in [0.29, 0.717) is 9.75 Å². The number of aliphatic carboxylic acids is 1. The van der Waals surface area contributed by atoms with Gasteiger partial charge in [-0.05, 0) is 55.7 Å². The van der Waals surface area contributed by atoms with Gasteiger partial charge < -0.3 is 10.4 Å². The highest BCUT2D eigenvalue weighted by Gasteiger charge is 2.30. The second-order valence-electron chi connectivity index (χ2n) is 6.73. The fourth-order valence-corrected chi connectivity index (χ4v) is 5.42.